The van der Waals surface area contributed by atoms with Crippen molar-refractivity contribution in [3.63, 3.8) is 0 Å². The minimum Gasteiger partial charge on any atom is -0.383 e. The van der Waals surface area contributed by atoms with Crippen LogP contribution in [0.15, 0.2) is 12.3 Å². The standard InChI is InChI=1S/C12H18N6/c1-3-18(5-4-13)12-16-10-7-15-8(2)6-9(10)11(14)17-12/h6-7H,3-5,13H2,1-2H3,(H2,14,16,17). The van der Waals surface area contributed by atoms with E-state index >= 15 is 0 Å². The Balaban J connectivity index is 2.51. The lowest BCUT2D eigenvalue weighted by molar-refractivity contribution is 0.787. The molecule has 2 rings (SSSR count). The molecule has 2 heterocycles. The van der Waals surface area contributed by atoms with Crippen LogP contribution in [-0.4, -0.2) is 34.6 Å². The first-order valence-electron chi connectivity index (χ1n) is 6.00. The van der Waals surface area contributed by atoms with Gasteiger partial charge in [-0.15, -0.1) is 0 Å². The van der Waals surface area contributed by atoms with Crippen LogP contribution in [0.2, 0.25) is 0 Å². The molecule has 4 N–H and O–H groups in total. The van der Waals surface area contributed by atoms with Gasteiger partial charge in [0.05, 0.1) is 11.7 Å². The van der Waals surface area contributed by atoms with E-state index in [1.165, 1.54) is 0 Å². The zero-order valence-corrected chi connectivity index (χ0v) is 10.7. The Bertz CT molecular complexity index is 554. The average molecular weight is 246 g/mol. The largest absolute Gasteiger partial charge is 0.383 e. The van der Waals surface area contributed by atoms with Crippen molar-refractivity contribution < 1.29 is 0 Å². The Morgan fingerprint density at radius 3 is 2.78 bits per heavy atom. The fraction of sp³-hybridized carbons (Fsp3) is 0.417. The molecule has 6 nitrogen and oxygen atoms in total. The van der Waals surface area contributed by atoms with Crippen LogP contribution in [0.4, 0.5) is 11.8 Å². The number of aromatic nitrogens is 3. The zero-order chi connectivity index (χ0) is 13.1. The number of nitrogens with zero attached hydrogens (tertiary/aromatic N) is 4. The topological polar surface area (TPSA) is 94.0 Å². The van der Waals surface area contributed by atoms with E-state index in [2.05, 4.69) is 15.0 Å². The zero-order valence-electron chi connectivity index (χ0n) is 10.7. The van der Waals surface area contributed by atoms with Gasteiger partial charge in [0.2, 0.25) is 5.95 Å². The molecule has 0 saturated carbocycles. The summed E-state index contributed by atoms with van der Waals surface area (Å²) in [5, 5.41) is 0.843. The second-order valence-electron chi connectivity index (χ2n) is 4.12. The van der Waals surface area contributed by atoms with Crippen molar-refractivity contribution in [1.29, 1.82) is 0 Å². The van der Waals surface area contributed by atoms with Gasteiger partial charge in [0, 0.05) is 30.7 Å². The molecule has 0 radical (unpaired) electrons. The lowest BCUT2D eigenvalue weighted by atomic mass is 10.2. The van der Waals surface area contributed by atoms with Gasteiger partial charge in [-0.1, -0.05) is 0 Å². The minimum atomic E-state index is 0.482. The highest BCUT2D eigenvalue weighted by Gasteiger charge is 2.10. The molecule has 96 valence electrons. The van der Waals surface area contributed by atoms with Crippen LogP contribution in [0.5, 0.6) is 0 Å². The molecule has 0 aliphatic rings. The maximum Gasteiger partial charge on any atom is 0.227 e. The van der Waals surface area contributed by atoms with Crippen molar-refractivity contribution >= 4 is 22.7 Å². The van der Waals surface area contributed by atoms with Crippen molar-refractivity contribution in [2.75, 3.05) is 30.3 Å². The van der Waals surface area contributed by atoms with E-state index in [0.29, 0.717) is 24.9 Å². The van der Waals surface area contributed by atoms with Crippen LogP contribution in [0.1, 0.15) is 12.6 Å². The van der Waals surface area contributed by atoms with E-state index in [0.717, 1.165) is 23.1 Å². The number of rotatable bonds is 4. The number of nitrogen functional groups attached to an aromatic ring is 1. The summed E-state index contributed by atoms with van der Waals surface area (Å²) in [5.74, 6) is 1.09. The summed E-state index contributed by atoms with van der Waals surface area (Å²) in [5.41, 5.74) is 13.2. The highest BCUT2D eigenvalue weighted by atomic mass is 15.3. The molecule has 0 saturated heterocycles. The number of nitrogens with two attached hydrogens (primary N) is 2. The van der Waals surface area contributed by atoms with Gasteiger partial charge in [-0.25, -0.2) is 4.98 Å². The predicted molar refractivity (Wildman–Crippen MR) is 73.4 cm³/mol. The lowest BCUT2D eigenvalue weighted by Gasteiger charge is -2.20. The lowest BCUT2D eigenvalue weighted by Crippen LogP contribution is -2.30. The van der Waals surface area contributed by atoms with Crippen LogP contribution < -0.4 is 16.4 Å². The van der Waals surface area contributed by atoms with Gasteiger partial charge in [0.1, 0.15) is 5.82 Å². The number of hydrogen-bond acceptors (Lipinski definition) is 6. The molecular formula is C12H18N6. The Morgan fingerprint density at radius 1 is 1.33 bits per heavy atom. The maximum atomic E-state index is 5.98. The summed E-state index contributed by atoms with van der Waals surface area (Å²) in [6, 6.07) is 1.90. The summed E-state index contributed by atoms with van der Waals surface area (Å²) < 4.78 is 0. The van der Waals surface area contributed by atoms with Crippen molar-refractivity contribution in [2.45, 2.75) is 13.8 Å². The van der Waals surface area contributed by atoms with Gasteiger partial charge in [-0.3, -0.25) is 4.98 Å². The highest BCUT2D eigenvalue weighted by molar-refractivity contribution is 5.88. The normalized spacial score (nSPS) is 10.8. The summed E-state index contributed by atoms with van der Waals surface area (Å²) in [7, 11) is 0. The third-order valence-corrected chi connectivity index (χ3v) is 2.80. The number of aryl methyl sites for hydroxylation is 1. The van der Waals surface area contributed by atoms with E-state index in [9.17, 15) is 0 Å². The molecule has 6 heteroatoms. The molecule has 18 heavy (non-hydrogen) atoms. The first-order chi connectivity index (χ1) is 8.65. The molecule has 0 unspecified atom stereocenters. The number of hydrogen-bond donors (Lipinski definition) is 2. The SMILES string of the molecule is CCN(CCN)c1nc(N)c2cc(C)ncc2n1. The molecule has 0 aliphatic heterocycles. The monoisotopic (exact) mass is 246 g/mol. The smallest absolute Gasteiger partial charge is 0.227 e. The van der Waals surface area contributed by atoms with Crippen LogP contribution in [0, 0.1) is 6.92 Å². The van der Waals surface area contributed by atoms with Gasteiger partial charge in [-0.05, 0) is 19.9 Å². The molecule has 2 aromatic heterocycles. The molecular weight excluding hydrogens is 228 g/mol. The fourth-order valence-corrected chi connectivity index (χ4v) is 1.84. The minimum absolute atomic E-state index is 0.482. The Morgan fingerprint density at radius 2 is 2.11 bits per heavy atom. The number of pyridine rings is 1. The number of fused-ring (bicyclic) bond motifs is 1. The predicted octanol–water partition coefficient (Wildman–Crippen LogP) is 0.700. The van der Waals surface area contributed by atoms with Crippen LogP contribution >= 0.6 is 0 Å². The van der Waals surface area contributed by atoms with Crippen molar-refractivity contribution in [2.24, 2.45) is 5.73 Å². The van der Waals surface area contributed by atoms with Crippen LogP contribution in [-0.2, 0) is 0 Å². The van der Waals surface area contributed by atoms with E-state index in [-0.39, 0.29) is 0 Å². The van der Waals surface area contributed by atoms with E-state index in [1.807, 2.05) is 24.8 Å². The van der Waals surface area contributed by atoms with Gasteiger partial charge in [0.25, 0.3) is 0 Å². The van der Waals surface area contributed by atoms with E-state index < -0.39 is 0 Å². The van der Waals surface area contributed by atoms with Crippen molar-refractivity contribution in [1.82, 2.24) is 15.0 Å². The van der Waals surface area contributed by atoms with Gasteiger partial charge in [-0.2, -0.15) is 4.98 Å². The van der Waals surface area contributed by atoms with E-state index in [4.69, 9.17) is 11.5 Å². The molecule has 0 fully saturated rings. The van der Waals surface area contributed by atoms with Gasteiger partial charge >= 0.3 is 0 Å². The second-order valence-corrected chi connectivity index (χ2v) is 4.12. The van der Waals surface area contributed by atoms with Crippen molar-refractivity contribution in [3.05, 3.63) is 18.0 Å². The first-order valence-corrected chi connectivity index (χ1v) is 6.00. The molecule has 0 bridgehead atoms. The quantitative estimate of drug-likeness (QED) is 0.824. The molecule has 0 spiro atoms. The Kier molecular flexibility index (Phi) is 3.57. The van der Waals surface area contributed by atoms with Gasteiger partial charge in [0.15, 0.2) is 0 Å². The molecule has 0 amide bonds. The summed E-state index contributed by atoms with van der Waals surface area (Å²) in [6.07, 6.45) is 1.72. The highest BCUT2D eigenvalue weighted by Crippen LogP contribution is 2.21. The number of likely N-dealkylation sites (N-methyl/N-ethyl adjacent to an activating group) is 1. The first kappa shape index (κ1) is 12.5. The molecule has 0 atom stereocenters. The molecule has 0 aliphatic carbocycles. The Labute approximate surface area is 106 Å². The Hall–Kier alpha value is -1.95. The summed E-state index contributed by atoms with van der Waals surface area (Å²) in [4.78, 5) is 15.1. The second kappa shape index (κ2) is 5.14. The maximum absolute atomic E-state index is 5.98. The number of anilines is 2. The molecule has 2 aromatic rings. The molecule has 0 aromatic carbocycles. The average Bonchev–Trinajstić information content (AvgIpc) is 2.36. The van der Waals surface area contributed by atoms with E-state index in [1.54, 1.807) is 6.20 Å². The summed E-state index contributed by atoms with van der Waals surface area (Å²) in [6.45, 7) is 6.01. The fourth-order valence-electron chi connectivity index (χ4n) is 1.84. The van der Waals surface area contributed by atoms with Gasteiger partial charge < -0.3 is 16.4 Å². The third-order valence-electron chi connectivity index (χ3n) is 2.80. The third kappa shape index (κ3) is 2.33. The van der Waals surface area contributed by atoms with Crippen LogP contribution in [0.3, 0.4) is 0 Å². The summed E-state index contributed by atoms with van der Waals surface area (Å²) >= 11 is 0. The van der Waals surface area contributed by atoms with Crippen LogP contribution in [0.25, 0.3) is 10.9 Å². The van der Waals surface area contributed by atoms with Crippen molar-refractivity contribution in [3.8, 4) is 0 Å².